The van der Waals surface area contributed by atoms with Gasteiger partial charge in [-0.3, -0.25) is 14.7 Å². The maximum Gasteiger partial charge on any atom is 0.271 e. The van der Waals surface area contributed by atoms with Gasteiger partial charge in [0.25, 0.3) is 5.91 Å². The minimum atomic E-state index is -0.194. The first-order chi connectivity index (χ1) is 12.1. The highest BCUT2D eigenvalue weighted by Gasteiger charge is 2.48. The van der Waals surface area contributed by atoms with Crippen molar-refractivity contribution in [2.75, 3.05) is 24.5 Å². The largest absolute Gasteiger partial charge is 0.337 e. The standard InChI is InChI=1S/C18H17N5O2/c19-10-13-1-3-14(4-2-13)23-12-18(9-16(23)24)6-8-22(11-18)17(25)15-5-7-20-21-15/h1-5,7H,6,8-9,11-12H2,(H,20,21)/t18-/m1/s1. The topological polar surface area (TPSA) is 93.1 Å². The predicted molar refractivity (Wildman–Crippen MR) is 89.7 cm³/mol. The number of nitriles is 1. The SMILES string of the molecule is N#Cc1ccc(N2C[C@]3(CCN(C(=O)c4ccn[nH]4)C3)CC2=O)cc1. The molecule has 126 valence electrons. The first-order valence-electron chi connectivity index (χ1n) is 8.19. The lowest BCUT2D eigenvalue weighted by Crippen LogP contribution is -2.34. The number of rotatable bonds is 2. The molecule has 2 saturated heterocycles. The van der Waals surface area contributed by atoms with Crippen LogP contribution in [0, 0.1) is 16.7 Å². The monoisotopic (exact) mass is 335 g/mol. The van der Waals surface area contributed by atoms with Gasteiger partial charge in [0.05, 0.1) is 11.6 Å². The zero-order chi connectivity index (χ0) is 17.4. The number of likely N-dealkylation sites (tertiary alicyclic amines) is 1. The van der Waals surface area contributed by atoms with Crippen LogP contribution in [-0.2, 0) is 4.79 Å². The van der Waals surface area contributed by atoms with Crippen LogP contribution in [0.5, 0.6) is 0 Å². The molecule has 1 spiro atoms. The van der Waals surface area contributed by atoms with Crippen LogP contribution >= 0.6 is 0 Å². The van der Waals surface area contributed by atoms with Crippen LogP contribution in [0.15, 0.2) is 36.5 Å². The highest BCUT2D eigenvalue weighted by Crippen LogP contribution is 2.42. The average Bonchev–Trinajstić information content (AvgIpc) is 3.36. The third-order valence-corrected chi connectivity index (χ3v) is 5.09. The molecule has 7 nitrogen and oxygen atoms in total. The summed E-state index contributed by atoms with van der Waals surface area (Å²) in [4.78, 5) is 28.6. The second-order valence-electron chi connectivity index (χ2n) is 6.76. The lowest BCUT2D eigenvalue weighted by atomic mass is 9.86. The number of amides is 2. The van der Waals surface area contributed by atoms with E-state index >= 15 is 0 Å². The van der Waals surface area contributed by atoms with E-state index in [9.17, 15) is 9.59 Å². The Kier molecular flexibility index (Phi) is 3.53. The summed E-state index contributed by atoms with van der Waals surface area (Å²) in [6.07, 6.45) is 2.82. The van der Waals surface area contributed by atoms with Crippen molar-refractivity contribution in [3.63, 3.8) is 0 Å². The smallest absolute Gasteiger partial charge is 0.271 e. The van der Waals surface area contributed by atoms with Crippen LogP contribution in [0.1, 0.15) is 28.9 Å². The van der Waals surface area contributed by atoms with Crippen LogP contribution in [0.4, 0.5) is 5.69 Å². The molecular formula is C18H17N5O2. The zero-order valence-corrected chi connectivity index (χ0v) is 13.6. The number of H-pyrrole nitrogens is 1. The molecule has 1 N–H and O–H groups in total. The van der Waals surface area contributed by atoms with Gasteiger partial charge < -0.3 is 9.80 Å². The lowest BCUT2D eigenvalue weighted by Gasteiger charge is -2.24. The highest BCUT2D eigenvalue weighted by atomic mass is 16.2. The number of aromatic nitrogens is 2. The van der Waals surface area contributed by atoms with Crippen molar-refractivity contribution in [2.45, 2.75) is 12.8 Å². The van der Waals surface area contributed by atoms with Crippen molar-refractivity contribution in [1.29, 1.82) is 5.26 Å². The van der Waals surface area contributed by atoms with E-state index in [4.69, 9.17) is 5.26 Å². The Morgan fingerprint density at radius 2 is 2.04 bits per heavy atom. The molecule has 2 fully saturated rings. The maximum absolute atomic E-state index is 12.5. The molecule has 0 radical (unpaired) electrons. The molecule has 2 aromatic rings. The molecule has 25 heavy (non-hydrogen) atoms. The summed E-state index contributed by atoms with van der Waals surface area (Å²) < 4.78 is 0. The van der Waals surface area contributed by atoms with E-state index in [1.54, 1.807) is 46.3 Å². The number of benzene rings is 1. The van der Waals surface area contributed by atoms with Crippen LogP contribution in [0.25, 0.3) is 0 Å². The molecule has 2 aliphatic rings. The number of nitrogens with one attached hydrogen (secondary N) is 1. The predicted octanol–water partition coefficient (Wildman–Crippen LogP) is 1.55. The van der Waals surface area contributed by atoms with Gasteiger partial charge in [0.15, 0.2) is 0 Å². The van der Waals surface area contributed by atoms with Crippen molar-refractivity contribution in [1.82, 2.24) is 15.1 Å². The Morgan fingerprint density at radius 3 is 2.72 bits per heavy atom. The number of aromatic amines is 1. The van der Waals surface area contributed by atoms with Gasteiger partial charge in [0, 0.05) is 43.4 Å². The maximum atomic E-state index is 12.5. The Balaban J connectivity index is 1.50. The fraction of sp³-hybridized carbons (Fsp3) is 0.333. The Bertz CT molecular complexity index is 853. The molecule has 3 heterocycles. The van der Waals surface area contributed by atoms with Gasteiger partial charge in [0.1, 0.15) is 5.69 Å². The van der Waals surface area contributed by atoms with E-state index in [0.717, 1.165) is 12.1 Å². The number of hydrogen-bond acceptors (Lipinski definition) is 4. The molecule has 0 aliphatic carbocycles. The summed E-state index contributed by atoms with van der Waals surface area (Å²) in [6.45, 7) is 1.82. The summed E-state index contributed by atoms with van der Waals surface area (Å²) in [5, 5.41) is 15.4. The Morgan fingerprint density at radius 1 is 1.24 bits per heavy atom. The zero-order valence-electron chi connectivity index (χ0n) is 13.6. The molecule has 2 aliphatic heterocycles. The van der Waals surface area contributed by atoms with Gasteiger partial charge in [-0.1, -0.05) is 0 Å². The van der Waals surface area contributed by atoms with E-state index in [1.165, 1.54) is 0 Å². The van der Waals surface area contributed by atoms with Gasteiger partial charge in [-0.05, 0) is 36.8 Å². The van der Waals surface area contributed by atoms with Gasteiger partial charge >= 0.3 is 0 Å². The van der Waals surface area contributed by atoms with Gasteiger partial charge in [-0.2, -0.15) is 10.4 Å². The van der Waals surface area contributed by atoms with E-state index < -0.39 is 0 Å². The van der Waals surface area contributed by atoms with Gasteiger partial charge in [-0.15, -0.1) is 0 Å². The number of nitrogens with zero attached hydrogens (tertiary/aromatic N) is 4. The van der Waals surface area contributed by atoms with Crippen LogP contribution in [0.3, 0.4) is 0 Å². The number of anilines is 1. The average molecular weight is 335 g/mol. The van der Waals surface area contributed by atoms with Crippen LogP contribution < -0.4 is 4.90 Å². The van der Waals surface area contributed by atoms with Crippen LogP contribution in [-0.4, -0.2) is 46.5 Å². The number of carbonyl (C=O) groups is 2. The van der Waals surface area contributed by atoms with Crippen LogP contribution in [0.2, 0.25) is 0 Å². The van der Waals surface area contributed by atoms with E-state index in [0.29, 0.717) is 37.3 Å². The minimum absolute atomic E-state index is 0.0700. The molecule has 4 rings (SSSR count). The molecule has 1 atom stereocenters. The van der Waals surface area contributed by atoms with Crippen molar-refractivity contribution in [2.24, 2.45) is 5.41 Å². The Hall–Kier alpha value is -3.14. The summed E-state index contributed by atoms with van der Waals surface area (Å²) in [6, 6.07) is 10.8. The van der Waals surface area contributed by atoms with Gasteiger partial charge in [-0.25, -0.2) is 0 Å². The normalized spacial score (nSPS) is 22.6. The van der Waals surface area contributed by atoms with E-state index in [1.807, 2.05) is 0 Å². The summed E-state index contributed by atoms with van der Waals surface area (Å²) >= 11 is 0. The third kappa shape index (κ3) is 2.66. The van der Waals surface area contributed by atoms with E-state index in [2.05, 4.69) is 16.3 Å². The molecule has 2 amide bonds. The Labute approximate surface area is 144 Å². The summed E-state index contributed by atoms with van der Waals surface area (Å²) in [5.74, 6) is -0.000746. The highest BCUT2D eigenvalue weighted by molar-refractivity contribution is 5.97. The molecule has 0 bridgehead atoms. The first kappa shape index (κ1) is 15.4. The fourth-order valence-electron chi connectivity index (χ4n) is 3.77. The molecule has 0 unspecified atom stereocenters. The molecule has 7 heteroatoms. The quantitative estimate of drug-likeness (QED) is 0.901. The minimum Gasteiger partial charge on any atom is -0.337 e. The molecule has 1 aromatic carbocycles. The van der Waals surface area contributed by atoms with Crippen molar-refractivity contribution >= 4 is 17.5 Å². The third-order valence-electron chi connectivity index (χ3n) is 5.09. The summed E-state index contributed by atoms with van der Waals surface area (Å²) in [7, 11) is 0. The van der Waals surface area contributed by atoms with Crippen molar-refractivity contribution < 1.29 is 9.59 Å². The van der Waals surface area contributed by atoms with Crippen molar-refractivity contribution in [3.05, 3.63) is 47.8 Å². The van der Waals surface area contributed by atoms with Gasteiger partial charge in [0.2, 0.25) is 5.91 Å². The summed E-state index contributed by atoms with van der Waals surface area (Å²) in [5.41, 5.74) is 1.66. The second-order valence-corrected chi connectivity index (χ2v) is 6.76. The fourth-order valence-corrected chi connectivity index (χ4v) is 3.77. The second kappa shape index (κ2) is 5.74. The molecule has 0 saturated carbocycles. The molecule has 1 aromatic heterocycles. The number of carbonyl (C=O) groups excluding carboxylic acids is 2. The van der Waals surface area contributed by atoms with E-state index in [-0.39, 0.29) is 17.2 Å². The molecular weight excluding hydrogens is 318 g/mol. The first-order valence-corrected chi connectivity index (χ1v) is 8.19. The van der Waals surface area contributed by atoms with Crippen molar-refractivity contribution in [3.8, 4) is 6.07 Å². The lowest BCUT2D eigenvalue weighted by molar-refractivity contribution is -0.117. The number of hydrogen-bond donors (Lipinski definition) is 1.